The van der Waals surface area contributed by atoms with Gasteiger partial charge in [0, 0.05) is 12.7 Å². The van der Waals surface area contributed by atoms with Crippen molar-refractivity contribution in [3.05, 3.63) is 47.8 Å². The zero-order valence-corrected chi connectivity index (χ0v) is 14.0. The SMILES string of the molecule is Cc1cccnc1Nc1cccc([C@@H]2CCCN2S(C)(=O)=O)n1. The number of sulfonamides is 1. The predicted octanol–water partition coefficient (Wildman–Crippen LogP) is 2.63. The maximum absolute atomic E-state index is 11.9. The van der Waals surface area contributed by atoms with Crippen molar-refractivity contribution in [3.63, 3.8) is 0 Å². The first-order valence-corrected chi connectivity index (χ1v) is 9.42. The van der Waals surface area contributed by atoms with Crippen LogP contribution in [-0.4, -0.2) is 35.5 Å². The molecule has 0 spiro atoms. The van der Waals surface area contributed by atoms with E-state index in [0.29, 0.717) is 12.4 Å². The second kappa shape index (κ2) is 6.25. The minimum absolute atomic E-state index is 0.184. The van der Waals surface area contributed by atoms with Crippen molar-refractivity contribution in [3.8, 4) is 0 Å². The number of hydrogen-bond donors (Lipinski definition) is 1. The molecule has 3 heterocycles. The Balaban J connectivity index is 1.87. The minimum atomic E-state index is -3.22. The van der Waals surface area contributed by atoms with E-state index in [2.05, 4.69) is 15.3 Å². The molecule has 3 rings (SSSR count). The van der Waals surface area contributed by atoms with Gasteiger partial charge in [-0.05, 0) is 43.5 Å². The summed E-state index contributed by atoms with van der Waals surface area (Å²) in [5, 5.41) is 3.20. The topological polar surface area (TPSA) is 75.2 Å². The molecule has 7 heteroatoms. The molecule has 1 atom stereocenters. The second-order valence-corrected chi connectivity index (χ2v) is 7.71. The lowest BCUT2D eigenvalue weighted by Gasteiger charge is -2.22. The zero-order chi connectivity index (χ0) is 16.4. The lowest BCUT2D eigenvalue weighted by atomic mass is 10.1. The third kappa shape index (κ3) is 3.51. The maximum Gasteiger partial charge on any atom is 0.211 e. The van der Waals surface area contributed by atoms with Crippen LogP contribution in [0, 0.1) is 6.92 Å². The first kappa shape index (κ1) is 15.9. The molecule has 23 heavy (non-hydrogen) atoms. The van der Waals surface area contributed by atoms with Gasteiger partial charge in [-0.1, -0.05) is 12.1 Å². The highest BCUT2D eigenvalue weighted by molar-refractivity contribution is 7.88. The number of aromatic nitrogens is 2. The van der Waals surface area contributed by atoms with Crippen molar-refractivity contribution in [2.24, 2.45) is 0 Å². The van der Waals surface area contributed by atoms with Crippen molar-refractivity contribution >= 4 is 21.7 Å². The van der Waals surface area contributed by atoms with Gasteiger partial charge in [0.1, 0.15) is 11.6 Å². The molecule has 2 aromatic rings. The quantitative estimate of drug-likeness (QED) is 0.931. The molecule has 0 saturated carbocycles. The van der Waals surface area contributed by atoms with Gasteiger partial charge in [-0.3, -0.25) is 0 Å². The first-order valence-electron chi connectivity index (χ1n) is 7.57. The summed E-state index contributed by atoms with van der Waals surface area (Å²) in [7, 11) is -3.22. The normalized spacial score (nSPS) is 19.0. The van der Waals surface area contributed by atoms with Gasteiger partial charge in [-0.25, -0.2) is 18.4 Å². The average molecular weight is 332 g/mol. The minimum Gasteiger partial charge on any atom is -0.325 e. The molecule has 0 aromatic carbocycles. The monoisotopic (exact) mass is 332 g/mol. The Morgan fingerprint density at radius 3 is 2.83 bits per heavy atom. The Hall–Kier alpha value is -1.99. The van der Waals surface area contributed by atoms with E-state index in [9.17, 15) is 8.42 Å². The van der Waals surface area contributed by atoms with Gasteiger partial charge in [-0.2, -0.15) is 4.31 Å². The molecule has 1 aliphatic heterocycles. The summed E-state index contributed by atoms with van der Waals surface area (Å²) in [4.78, 5) is 8.90. The van der Waals surface area contributed by atoms with Crippen LogP contribution in [0.25, 0.3) is 0 Å². The van der Waals surface area contributed by atoms with Gasteiger partial charge < -0.3 is 5.32 Å². The Labute approximate surface area is 136 Å². The van der Waals surface area contributed by atoms with Crippen molar-refractivity contribution in [2.45, 2.75) is 25.8 Å². The van der Waals surface area contributed by atoms with Gasteiger partial charge >= 0.3 is 0 Å². The van der Waals surface area contributed by atoms with Crippen molar-refractivity contribution in [2.75, 3.05) is 18.1 Å². The highest BCUT2D eigenvalue weighted by Gasteiger charge is 2.33. The molecule has 1 N–H and O–H groups in total. The molecule has 2 aromatic heterocycles. The third-order valence-electron chi connectivity index (χ3n) is 4.00. The van der Waals surface area contributed by atoms with Crippen molar-refractivity contribution < 1.29 is 8.42 Å². The third-order valence-corrected chi connectivity index (χ3v) is 5.29. The average Bonchev–Trinajstić information content (AvgIpc) is 3.00. The van der Waals surface area contributed by atoms with Crippen LogP contribution >= 0.6 is 0 Å². The van der Waals surface area contributed by atoms with E-state index in [-0.39, 0.29) is 6.04 Å². The summed E-state index contributed by atoms with van der Waals surface area (Å²) in [6.45, 7) is 2.53. The molecule has 0 unspecified atom stereocenters. The Morgan fingerprint density at radius 2 is 2.09 bits per heavy atom. The summed E-state index contributed by atoms with van der Waals surface area (Å²) in [6.07, 6.45) is 4.63. The van der Waals surface area contributed by atoms with Crippen LogP contribution in [0.1, 0.15) is 30.1 Å². The molecule has 1 fully saturated rings. The smallest absolute Gasteiger partial charge is 0.211 e. The Morgan fingerprint density at radius 1 is 1.26 bits per heavy atom. The van der Waals surface area contributed by atoms with Crippen LogP contribution in [0.3, 0.4) is 0 Å². The molecule has 0 amide bonds. The fraction of sp³-hybridized carbons (Fsp3) is 0.375. The Kier molecular flexibility index (Phi) is 4.32. The molecule has 122 valence electrons. The summed E-state index contributed by atoms with van der Waals surface area (Å²) in [6, 6.07) is 9.30. The van der Waals surface area contributed by atoms with Crippen LogP contribution < -0.4 is 5.32 Å². The fourth-order valence-corrected chi connectivity index (χ4v) is 4.01. The van der Waals surface area contributed by atoms with Crippen LogP contribution in [0.4, 0.5) is 11.6 Å². The standard InChI is InChI=1S/C16H20N4O2S/c1-12-6-4-10-17-16(12)19-15-9-3-7-13(18-15)14-8-5-11-20(14)23(2,21)22/h3-4,6-7,9-10,14H,5,8,11H2,1-2H3,(H,17,18,19)/t14-/m0/s1. The van der Waals surface area contributed by atoms with Crippen LogP contribution in [0.5, 0.6) is 0 Å². The van der Waals surface area contributed by atoms with Gasteiger partial charge in [-0.15, -0.1) is 0 Å². The number of hydrogen-bond acceptors (Lipinski definition) is 5. The Bertz CT molecular complexity index is 807. The number of nitrogens with zero attached hydrogens (tertiary/aromatic N) is 3. The van der Waals surface area contributed by atoms with Gasteiger partial charge in [0.05, 0.1) is 18.0 Å². The molecule has 1 saturated heterocycles. The van der Waals surface area contributed by atoms with Gasteiger partial charge in [0.2, 0.25) is 10.0 Å². The molecule has 0 bridgehead atoms. The summed E-state index contributed by atoms with van der Waals surface area (Å²) in [5.74, 6) is 1.42. The first-order chi connectivity index (χ1) is 10.9. The number of aryl methyl sites for hydroxylation is 1. The molecular weight excluding hydrogens is 312 g/mol. The second-order valence-electron chi connectivity index (χ2n) is 5.77. The molecule has 0 aliphatic carbocycles. The van der Waals surface area contributed by atoms with E-state index < -0.39 is 10.0 Å². The largest absolute Gasteiger partial charge is 0.325 e. The number of nitrogens with one attached hydrogen (secondary N) is 1. The van der Waals surface area contributed by atoms with Crippen LogP contribution in [0.15, 0.2) is 36.5 Å². The van der Waals surface area contributed by atoms with Gasteiger partial charge in [0.25, 0.3) is 0 Å². The molecule has 6 nitrogen and oxygen atoms in total. The summed E-state index contributed by atoms with van der Waals surface area (Å²) >= 11 is 0. The van der Waals surface area contributed by atoms with E-state index in [0.717, 1.165) is 29.9 Å². The van der Waals surface area contributed by atoms with E-state index >= 15 is 0 Å². The van der Waals surface area contributed by atoms with Gasteiger partial charge in [0.15, 0.2) is 0 Å². The number of anilines is 2. The summed E-state index contributed by atoms with van der Waals surface area (Å²) in [5.41, 5.74) is 1.80. The number of pyridine rings is 2. The highest BCUT2D eigenvalue weighted by atomic mass is 32.2. The fourth-order valence-electron chi connectivity index (χ4n) is 2.88. The maximum atomic E-state index is 11.9. The molecule has 1 aliphatic rings. The van der Waals surface area contributed by atoms with E-state index in [1.54, 1.807) is 6.20 Å². The van der Waals surface area contributed by atoms with Crippen LogP contribution in [0.2, 0.25) is 0 Å². The zero-order valence-electron chi connectivity index (χ0n) is 13.2. The lowest BCUT2D eigenvalue weighted by molar-refractivity contribution is 0.394. The molecular formula is C16H20N4O2S. The van der Waals surface area contributed by atoms with E-state index in [1.807, 2.05) is 37.3 Å². The molecule has 0 radical (unpaired) electrons. The van der Waals surface area contributed by atoms with E-state index in [1.165, 1.54) is 10.6 Å². The highest BCUT2D eigenvalue weighted by Crippen LogP contribution is 2.33. The van der Waals surface area contributed by atoms with Crippen molar-refractivity contribution in [1.82, 2.24) is 14.3 Å². The van der Waals surface area contributed by atoms with Crippen molar-refractivity contribution in [1.29, 1.82) is 0 Å². The predicted molar refractivity (Wildman–Crippen MR) is 90.0 cm³/mol. The summed E-state index contributed by atoms with van der Waals surface area (Å²) < 4.78 is 25.4. The van der Waals surface area contributed by atoms with Crippen LogP contribution in [-0.2, 0) is 10.0 Å². The van der Waals surface area contributed by atoms with E-state index in [4.69, 9.17) is 0 Å². The lowest BCUT2D eigenvalue weighted by Crippen LogP contribution is -2.29. The number of rotatable bonds is 4.